The van der Waals surface area contributed by atoms with E-state index in [9.17, 15) is 66.0 Å². The average Bonchev–Trinajstić information content (AvgIpc) is 4.00. The summed E-state index contributed by atoms with van der Waals surface area (Å²) in [4.78, 5) is 86.3. The molecular weight excluding hydrogens is 1020 g/mol. The summed E-state index contributed by atoms with van der Waals surface area (Å²) in [6.45, 7) is 0.125. The van der Waals surface area contributed by atoms with Gasteiger partial charge < -0.3 is 41.4 Å². The lowest BCUT2D eigenvalue weighted by Crippen LogP contribution is -2.50. The van der Waals surface area contributed by atoms with Gasteiger partial charge in [0.1, 0.15) is 6.04 Å². The average molecular weight is 1080 g/mol. The molecule has 27 nitrogen and oxygen atoms in total. The number of anilines is 1. The first-order chi connectivity index (χ1) is 35.6. The molecule has 2 amide bonds. The van der Waals surface area contributed by atoms with Crippen molar-refractivity contribution in [1.29, 1.82) is 0 Å². The summed E-state index contributed by atoms with van der Waals surface area (Å²) in [6, 6.07) is 14.2. The van der Waals surface area contributed by atoms with Gasteiger partial charge in [0.05, 0.1) is 53.7 Å². The van der Waals surface area contributed by atoms with Crippen molar-refractivity contribution in [2.45, 2.75) is 22.4 Å². The van der Waals surface area contributed by atoms with E-state index in [1.54, 1.807) is 61.9 Å². The molecule has 0 radical (unpaired) electrons. The molecule has 0 spiro atoms. The van der Waals surface area contributed by atoms with Gasteiger partial charge in [-0.15, -0.1) is 0 Å². The van der Waals surface area contributed by atoms with Gasteiger partial charge in [-0.05, 0) is 47.5 Å². The van der Waals surface area contributed by atoms with Crippen LogP contribution in [0.15, 0.2) is 88.9 Å². The molecule has 1 atom stereocenters. The van der Waals surface area contributed by atoms with Crippen molar-refractivity contribution in [3.05, 3.63) is 90.4 Å². The van der Waals surface area contributed by atoms with Gasteiger partial charge in [-0.3, -0.25) is 53.0 Å². The van der Waals surface area contributed by atoms with Crippen molar-refractivity contribution < 1.29 is 66.0 Å². The number of aromatic nitrogens is 4. The lowest BCUT2D eigenvalue weighted by Gasteiger charge is -2.32. The molecule has 1 saturated heterocycles. The van der Waals surface area contributed by atoms with Crippen LogP contribution < -0.4 is 25.4 Å². The molecule has 10 N–H and O–H groups in total. The van der Waals surface area contributed by atoms with E-state index in [0.29, 0.717) is 34.8 Å². The fraction of sp³-hybridized carbons (Fsp3) is 0.391. The molecule has 3 aromatic carbocycles. The SMILES string of the molecule is Cn1nc(CNc2ncc[nH]2)c2ccc(C(=O)NCC(NS(=O)(=O)c3ccc(-c4ccc(S(=O)(=O)NCCNC(=O)CN5CCN(CC(=O)O)CCN(CC(=O)O)CCN(CC(=O)O)CC5)cc4)cc3)C(=O)O)cc21. The number of hydrogen-bond donors (Lipinski definition) is 10. The van der Waals surface area contributed by atoms with E-state index in [0.717, 1.165) is 5.39 Å². The number of nitrogens with zero attached hydrogens (tertiary/aromatic N) is 7. The molecule has 3 heterocycles. The molecule has 29 heteroatoms. The molecule has 75 heavy (non-hydrogen) atoms. The van der Waals surface area contributed by atoms with E-state index in [-0.39, 0.29) is 107 Å². The first kappa shape index (κ1) is 56.9. The molecule has 1 unspecified atom stereocenters. The molecule has 1 fully saturated rings. The number of amides is 2. The molecule has 2 aromatic heterocycles. The number of fused-ring (bicyclic) bond motifs is 1. The van der Waals surface area contributed by atoms with Crippen molar-refractivity contribution >= 4 is 72.6 Å². The van der Waals surface area contributed by atoms with E-state index < -0.39 is 68.3 Å². The van der Waals surface area contributed by atoms with Gasteiger partial charge in [0.25, 0.3) is 5.91 Å². The van der Waals surface area contributed by atoms with Crippen LogP contribution in [0.1, 0.15) is 16.1 Å². The Morgan fingerprint density at radius 2 is 1.16 bits per heavy atom. The number of H-pyrrole nitrogens is 1. The van der Waals surface area contributed by atoms with Crippen molar-refractivity contribution in [1.82, 2.24) is 59.4 Å². The quantitative estimate of drug-likeness (QED) is 0.0318. The number of carbonyl (C=O) groups is 6. The third-order valence-corrected chi connectivity index (χ3v) is 14.9. The fourth-order valence-electron chi connectivity index (χ4n) is 8.03. The van der Waals surface area contributed by atoms with Crippen LogP contribution >= 0.6 is 0 Å². The number of carbonyl (C=O) groups excluding carboxylic acids is 2. The van der Waals surface area contributed by atoms with E-state index in [2.05, 4.69) is 40.5 Å². The Kier molecular flexibility index (Phi) is 19.9. The Bertz CT molecular complexity index is 3000. The standard InChI is InChI=1S/C46H59N13O14S2/c1-55-39-24-33(6-11-36(39)37(53-55)25-51-46-48-12-13-49-46)44(67)50-26-38(45(68)69)54-75(72,73)35-9-4-32(5-10-35)31-2-7-34(8-3-31)74(70,71)52-15-14-47-40(60)27-56-16-18-57(28-41(61)62)20-22-59(30-43(65)66)23-21-58(19-17-56)29-42(63)64/h2-13,24,38,52,54H,14-23,25-30H2,1H3,(H,47,60)(H,50,67)(H,61,62)(H,63,64)(H,65,66)(H,68,69)(H2,48,49,51). The molecular formula is C46H59N13O14S2. The monoisotopic (exact) mass is 1080 g/mol. The number of aromatic amines is 1. The van der Waals surface area contributed by atoms with Gasteiger partial charge in [-0.25, -0.2) is 26.5 Å². The maximum absolute atomic E-state index is 13.3. The summed E-state index contributed by atoms with van der Waals surface area (Å²) in [7, 11) is -6.77. The smallest absolute Gasteiger partial charge is 0.323 e. The number of benzene rings is 3. The Balaban J connectivity index is 0.977. The van der Waals surface area contributed by atoms with Crippen LogP contribution in [0.4, 0.5) is 5.95 Å². The maximum atomic E-state index is 13.3. The number of carboxylic acids is 4. The topological polar surface area (TPSA) is 371 Å². The number of aryl methyl sites for hydroxylation is 1. The number of hydrogen-bond acceptors (Lipinski definition) is 17. The lowest BCUT2D eigenvalue weighted by molar-refractivity contribution is -0.140. The summed E-state index contributed by atoms with van der Waals surface area (Å²) in [5, 5.41) is 51.7. The Hall–Kier alpha value is -7.38. The lowest BCUT2D eigenvalue weighted by atomic mass is 10.1. The highest BCUT2D eigenvalue weighted by molar-refractivity contribution is 7.89. The second-order valence-electron chi connectivity index (χ2n) is 17.4. The van der Waals surface area contributed by atoms with Gasteiger partial charge in [0.2, 0.25) is 26.0 Å². The largest absolute Gasteiger partial charge is 0.480 e. The van der Waals surface area contributed by atoms with Crippen LogP contribution in [-0.4, -0.2) is 217 Å². The third kappa shape index (κ3) is 17.1. The summed E-state index contributed by atoms with van der Waals surface area (Å²) in [5.41, 5.74) is 2.55. The number of sulfonamides is 2. The Morgan fingerprint density at radius 1 is 0.653 bits per heavy atom. The molecule has 0 bridgehead atoms. The summed E-state index contributed by atoms with van der Waals surface area (Å²) in [5.74, 6) is -5.32. The van der Waals surface area contributed by atoms with E-state index in [1.165, 1.54) is 48.5 Å². The van der Waals surface area contributed by atoms with Crippen molar-refractivity contribution in [3.63, 3.8) is 0 Å². The van der Waals surface area contributed by atoms with E-state index >= 15 is 0 Å². The van der Waals surface area contributed by atoms with Crippen molar-refractivity contribution in [3.8, 4) is 11.1 Å². The number of aliphatic carboxylic acids is 4. The second kappa shape index (κ2) is 26.2. The summed E-state index contributed by atoms with van der Waals surface area (Å²) >= 11 is 0. The van der Waals surface area contributed by atoms with Gasteiger partial charge >= 0.3 is 23.9 Å². The molecule has 0 saturated carbocycles. The summed E-state index contributed by atoms with van der Waals surface area (Å²) < 4.78 is 59.1. The minimum absolute atomic E-state index is 0.0942. The van der Waals surface area contributed by atoms with Crippen molar-refractivity contribution in [2.75, 3.05) is 103 Å². The van der Waals surface area contributed by atoms with Crippen molar-refractivity contribution in [2.24, 2.45) is 7.05 Å². The number of carboxylic acid groups (broad SMARTS) is 4. The molecule has 404 valence electrons. The fourth-order valence-corrected chi connectivity index (χ4v) is 10.3. The van der Waals surface area contributed by atoms with Crippen LogP contribution in [-0.2, 0) is 57.6 Å². The Morgan fingerprint density at radius 3 is 1.64 bits per heavy atom. The highest BCUT2D eigenvalue weighted by Crippen LogP contribution is 2.24. The first-order valence-corrected chi connectivity index (χ1v) is 26.4. The predicted molar refractivity (Wildman–Crippen MR) is 269 cm³/mol. The third-order valence-electron chi connectivity index (χ3n) is 11.9. The number of imidazole rings is 1. The van der Waals surface area contributed by atoms with Crippen LogP contribution in [0.25, 0.3) is 22.0 Å². The van der Waals surface area contributed by atoms with Gasteiger partial charge in [0, 0.05) is 102 Å². The molecule has 1 aliphatic rings. The highest BCUT2D eigenvalue weighted by Gasteiger charge is 2.27. The predicted octanol–water partition coefficient (Wildman–Crippen LogP) is -1.39. The maximum Gasteiger partial charge on any atom is 0.323 e. The second-order valence-corrected chi connectivity index (χ2v) is 20.9. The zero-order valence-corrected chi connectivity index (χ0v) is 42.3. The molecule has 0 aliphatic carbocycles. The molecule has 6 rings (SSSR count). The van der Waals surface area contributed by atoms with Gasteiger partial charge in [-0.1, -0.05) is 30.3 Å². The van der Waals surface area contributed by atoms with Crippen LogP contribution in [0.2, 0.25) is 0 Å². The zero-order valence-electron chi connectivity index (χ0n) is 40.7. The Labute approximate surface area is 431 Å². The van der Waals surface area contributed by atoms with E-state index in [4.69, 9.17) is 0 Å². The number of rotatable bonds is 24. The van der Waals surface area contributed by atoms with Crippen LogP contribution in [0, 0.1) is 0 Å². The number of nitrogens with one attached hydrogen (secondary N) is 6. The van der Waals surface area contributed by atoms with Gasteiger partial charge in [-0.2, -0.15) is 9.82 Å². The minimum atomic E-state index is -4.42. The van der Waals surface area contributed by atoms with E-state index in [1.807, 2.05) is 0 Å². The summed E-state index contributed by atoms with van der Waals surface area (Å²) in [6.07, 6.45) is 3.27. The van der Waals surface area contributed by atoms with Crippen LogP contribution in [0.5, 0.6) is 0 Å². The molecule has 1 aliphatic heterocycles. The minimum Gasteiger partial charge on any atom is -0.480 e. The van der Waals surface area contributed by atoms with Crippen LogP contribution in [0.3, 0.4) is 0 Å². The first-order valence-electron chi connectivity index (χ1n) is 23.4. The van der Waals surface area contributed by atoms with Gasteiger partial charge in [0.15, 0.2) is 5.95 Å². The highest BCUT2D eigenvalue weighted by atomic mass is 32.2. The zero-order chi connectivity index (χ0) is 54.3. The normalized spacial score (nSPS) is 15.3. The molecule has 5 aromatic rings.